The largest absolute Gasteiger partial charge is 0.389 e. The van der Waals surface area contributed by atoms with Gasteiger partial charge in [0.2, 0.25) is 0 Å². The minimum Gasteiger partial charge on any atom is -0.389 e. The molecule has 0 aromatic heterocycles. The summed E-state index contributed by atoms with van der Waals surface area (Å²) in [5.41, 5.74) is 6.14. The first-order valence-corrected chi connectivity index (χ1v) is 6.23. The van der Waals surface area contributed by atoms with Crippen LogP contribution in [0.5, 0.6) is 0 Å². The van der Waals surface area contributed by atoms with Gasteiger partial charge in [0.25, 0.3) is 0 Å². The van der Waals surface area contributed by atoms with Crippen molar-refractivity contribution in [2.75, 3.05) is 13.2 Å². The van der Waals surface area contributed by atoms with E-state index in [1.54, 1.807) is 18.2 Å². The number of benzene rings is 1. The van der Waals surface area contributed by atoms with Crippen LogP contribution in [0.1, 0.15) is 25.0 Å². The fraction of sp³-hybridized carbons (Fsp3) is 0.462. The summed E-state index contributed by atoms with van der Waals surface area (Å²) in [7, 11) is 0. The molecule has 2 N–H and O–H groups in total. The monoisotopic (exact) mass is 271 g/mol. The summed E-state index contributed by atoms with van der Waals surface area (Å²) in [5.74, 6) is -0.409. The lowest BCUT2D eigenvalue weighted by Crippen LogP contribution is -2.17. The summed E-state index contributed by atoms with van der Waals surface area (Å²) < 4.78 is 24.7. The van der Waals surface area contributed by atoms with E-state index in [0.29, 0.717) is 18.8 Å². The van der Waals surface area contributed by atoms with Gasteiger partial charge in [0.05, 0.1) is 19.3 Å². The molecule has 0 saturated carbocycles. The zero-order chi connectivity index (χ0) is 13.5. The fourth-order valence-electron chi connectivity index (χ4n) is 1.45. The van der Waals surface area contributed by atoms with Crippen LogP contribution in [0.2, 0.25) is 0 Å². The van der Waals surface area contributed by atoms with E-state index < -0.39 is 5.82 Å². The van der Waals surface area contributed by atoms with Gasteiger partial charge in [0.15, 0.2) is 0 Å². The highest BCUT2D eigenvalue weighted by molar-refractivity contribution is 7.80. The normalized spacial score (nSPS) is 12.4. The Bertz CT molecular complexity index is 412. The Morgan fingerprint density at radius 2 is 2.22 bits per heavy atom. The van der Waals surface area contributed by atoms with Crippen molar-refractivity contribution in [2.24, 2.45) is 5.73 Å². The third-order valence-electron chi connectivity index (χ3n) is 2.42. The van der Waals surface area contributed by atoms with Crippen molar-refractivity contribution in [2.45, 2.75) is 26.6 Å². The molecular formula is C13H18FNO2S. The van der Waals surface area contributed by atoms with Gasteiger partial charge in [-0.15, -0.1) is 0 Å². The molecule has 0 amide bonds. The summed E-state index contributed by atoms with van der Waals surface area (Å²) in [6.07, 6.45) is -0.0853. The highest BCUT2D eigenvalue weighted by Gasteiger charge is 2.11. The Labute approximate surface area is 112 Å². The Kier molecular flexibility index (Phi) is 6.18. The summed E-state index contributed by atoms with van der Waals surface area (Å²) in [6, 6.07) is 4.93. The van der Waals surface area contributed by atoms with Gasteiger partial charge in [-0.25, -0.2) is 4.39 Å². The van der Waals surface area contributed by atoms with Crippen LogP contribution in [-0.4, -0.2) is 24.3 Å². The van der Waals surface area contributed by atoms with E-state index in [1.165, 1.54) is 0 Å². The molecule has 0 heterocycles. The molecule has 0 aliphatic carbocycles. The van der Waals surface area contributed by atoms with Crippen LogP contribution in [0.4, 0.5) is 4.39 Å². The zero-order valence-electron chi connectivity index (χ0n) is 10.6. The molecule has 1 unspecified atom stereocenters. The standard InChI is InChI=1S/C13H18FNO2S/c1-3-16-7-9(2)17-8-10-5-4-6-11(12(10)14)13(15)18/h4-6,9H,3,7-8H2,1-2H3,(H2,15,18). The van der Waals surface area contributed by atoms with Gasteiger partial charge in [-0.1, -0.05) is 24.4 Å². The molecule has 0 bridgehead atoms. The van der Waals surface area contributed by atoms with Crippen molar-refractivity contribution in [1.29, 1.82) is 0 Å². The third-order valence-corrected chi connectivity index (χ3v) is 2.64. The Morgan fingerprint density at radius 3 is 2.83 bits per heavy atom. The molecule has 0 aliphatic heterocycles. The third kappa shape index (κ3) is 4.33. The van der Waals surface area contributed by atoms with E-state index in [1.807, 2.05) is 13.8 Å². The molecule has 1 aromatic rings. The second-order valence-corrected chi connectivity index (χ2v) is 4.36. The number of nitrogens with two attached hydrogens (primary N) is 1. The number of rotatable bonds is 7. The lowest BCUT2D eigenvalue weighted by atomic mass is 10.1. The summed E-state index contributed by atoms with van der Waals surface area (Å²) in [5, 5.41) is 0. The summed E-state index contributed by atoms with van der Waals surface area (Å²) >= 11 is 4.78. The molecule has 0 fully saturated rings. The number of thiocarbonyl (C=S) groups is 1. The first-order valence-electron chi connectivity index (χ1n) is 5.82. The van der Waals surface area contributed by atoms with Gasteiger partial charge in [-0.2, -0.15) is 0 Å². The molecule has 100 valence electrons. The first-order chi connectivity index (χ1) is 8.56. The van der Waals surface area contributed by atoms with Crippen molar-refractivity contribution in [1.82, 2.24) is 0 Å². The molecule has 0 spiro atoms. The van der Waals surface area contributed by atoms with E-state index in [-0.39, 0.29) is 23.3 Å². The van der Waals surface area contributed by atoms with E-state index in [2.05, 4.69) is 0 Å². The molecule has 0 aliphatic rings. The predicted molar refractivity (Wildman–Crippen MR) is 73.0 cm³/mol. The maximum atomic E-state index is 13.9. The topological polar surface area (TPSA) is 44.5 Å². The molecule has 3 nitrogen and oxygen atoms in total. The summed E-state index contributed by atoms with van der Waals surface area (Å²) in [4.78, 5) is 0.0525. The first kappa shape index (κ1) is 15.0. The van der Waals surface area contributed by atoms with Crippen molar-refractivity contribution in [3.8, 4) is 0 Å². The molecular weight excluding hydrogens is 253 g/mol. The van der Waals surface area contributed by atoms with E-state index >= 15 is 0 Å². The lowest BCUT2D eigenvalue weighted by Gasteiger charge is -2.14. The molecule has 1 aromatic carbocycles. The van der Waals surface area contributed by atoms with Gasteiger partial charge in [0.1, 0.15) is 10.8 Å². The Morgan fingerprint density at radius 1 is 1.50 bits per heavy atom. The number of hydrogen-bond donors (Lipinski definition) is 1. The van der Waals surface area contributed by atoms with E-state index in [4.69, 9.17) is 27.4 Å². The maximum absolute atomic E-state index is 13.9. The molecule has 18 heavy (non-hydrogen) atoms. The molecule has 1 rings (SSSR count). The van der Waals surface area contributed by atoms with Crippen LogP contribution in [0.15, 0.2) is 18.2 Å². The van der Waals surface area contributed by atoms with Gasteiger partial charge in [-0.3, -0.25) is 0 Å². The van der Waals surface area contributed by atoms with Crippen molar-refractivity contribution in [3.05, 3.63) is 35.1 Å². The minimum atomic E-state index is -0.409. The predicted octanol–water partition coefficient (Wildman–Crippen LogP) is 2.40. The summed E-state index contributed by atoms with van der Waals surface area (Å²) in [6.45, 7) is 5.10. The van der Waals surface area contributed by atoms with Gasteiger partial charge in [-0.05, 0) is 19.9 Å². The smallest absolute Gasteiger partial charge is 0.138 e. The second kappa shape index (κ2) is 7.41. The second-order valence-electron chi connectivity index (χ2n) is 3.92. The average Bonchev–Trinajstić information content (AvgIpc) is 2.34. The van der Waals surface area contributed by atoms with Gasteiger partial charge >= 0.3 is 0 Å². The number of hydrogen-bond acceptors (Lipinski definition) is 3. The molecule has 1 atom stereocenters. The van der Waals surface area contributed by atoms with Crippen molar-refractivity contribution >= 4 is 17.2 Å². The Hall–Kier alpha value is -1.04. The van der Waals surface area contributed by atoms with Gasteiger partial charge < -0.3 is 15.2 Å². The lowest BCUT2D eigenvalue weighted by molar-refractivity contribution is -0.0125. The Balaban J connectivity index is 2.62. The number of ether oxygens (including phenoxy) is 2. The van der Waals surface area contributed by atoms with Crippen molar-refractivity contribution < 1.29 is 13.9 Å². The molecule has 0 saturated heterocycles. The zero-order valence-corrected chi connectivity index (χ0v) is 11.4. The van der Waals surface area contributed by atoms with Crippen LogP contribution >= 0.6 is 12.2 Å². The molecule has 0 radical (unpaired) electrons. The highest BCUT2D eigenvalue weighted by Crippen LogP contribution is 2.14. The SMILES string of the molecule is CCOCC(C)OCc1cccc(C(N)=S)c1F. The fourth-order valence-corrected chi connectivity index (χ4v) is 1.60. The molecule has 5 heteroatoms. The van der Waals surface area contributed by atoms with Gasteiger partial charge in [0, 0.05) is 17.7 Å². The average molecular weight is 271 g/mol. The highest BCUT2D eigenvalue weighted by atomic mass is 32.1. The van der Waals surface area contributed by atoms with Crippen LogP contribution in [0.25, 0.3) is 0 Å². The maximum Gasteiger partial charge on any atom is 0.138 e. The van der Waals surface area contributed by atoms with Crippen molar-refractivity contribution in [3.63, 3.8) is 0 Å². The van der Waals surface area contributed by atoms with E-state index in [0.717, 1.165) is 0 Å². The van der Waals surface area contributed by atoms with E-state index in [9.17, 15) is 4.39 Å². The number of halogens is 1. The quantitative estimate of drug-likeness (QED) is 0.773. The van der Waals surface area contributed by atoms with Crippen LogP contribution in [-0.2, 0) is 16.1 Å². The van der Waals surface area contributed by atoms with Crippen LogP contribution < -0.4 is 5.73 Å². The van der Waals surface area contributed by atoms with Crippen LogP contribution in [0, 0.1) is 5.82 Å². The minimum absolute atomic E-state index is 0.0525. The van der Waals surface area contributed by atoms with Crippen LogP contribution in [0.3, 0.4) is 0 Å².